The summed E-state index contributed by atoms with van der Waals surface area (Å²) in [4.78, 5) is 10.5. The van der Waals surface area contributed by atoms with E-state index in [9.17, 15) is 4.79 Å². The van der Waals surface area contributed by atoms with Crippen molar-refractivity contribution in [2.75, 3.05) is 6.61 Å². The highest BCUT2D eigenvalue weighted by Crippen LogP contribution is 2.02. The van der Waals surface area contributed by atoms with Crippen LogP contribution in [0, 0.1) is 0 Å². The first-order valence-electron chi connectivity index (χ1n) is 4.49. The molecule has 1 atom stereocenters. The molecule has 0 radical (unpaired) electrons. The highest BCUT2D eigenvalue weighted by Gasteiger charge is 2.08. The zero-order valence-electron chi connectivity index (χ0n) is 7.81. The average Bonchev–Trinajstić information content (AvgIpc) is 2.03. The van der Waals surface area contributed by atoms with E-state index < -0.39 is 11.3 Å². The van der Waals surface area contributed by atoms with Crippen molar-refractivity contribution in [2.24, 2.45) is 0 Å². The van der Waals surface area contributed by atoms with Gasteiger partial charge in [-0.15, -0.1) is 0 Å². The van der Waals surface area contributed by atoms with Crippen LogP contribution in [0.5, 0.6) is 0 Å². The second-order valence-corrected chi connectivity index (χ2v) is 3.25. The third kappa shape index (κ3) is 6.62. The molecule has 0 aliphatic rings. The van der Waals surface area contributed by atoms with Crippen molar-refractivity contribution in [1.29, 1.82) is 0 Å². The lowest BCUT2D eigenvalue weighted by molar-refractivity contribution is -0.121. The standard InChI is InChI=1S/C9H17ClO2/c1-3-4-5-6-7-12-8(2)9(10)11/h8H,3-7H2,1-2H3/t8-/m1/s1. The molecule has 0 bridgehead atoms. The molecule has 0 rings (SSSR count). The second-order valence-electron chi connectivity index (χ2n) is 2.88. The minimum absolute atomic E-state index is 0.412. The number of carbonyl (C=O) groups is 1. The van der Waals surface area contributed by atoms with Gasteiger partial charge >= 0.3 is 0 Å². The molecule has 0 amide bonds. The van der Waals surface area contributed by atoms with Crippen molar-refractivity contribution >= 4 is 16.8 Å². The Morgan fingerprint density at radius 2 is 2.08 bits per heavy atom. The number of hydrogen-bond donors (Lipinski definition) is 0. The lowest BCUT2D eigenvalue weighted by Gasteiger charge is -2.07. The molecule has 0 saturated carbocycles. The first-order chi connectivity index (χ1) is 5.68. The van der Waals surface area contributed by atoms with Gasteiger partial charge in [-0.3, -0.25) is 4.79 Å². The third-order valence-electron chi connectivity index (χ3n) is 1.69. The van der Waals surface area contributed by atoms with Gasteiger partial charge in [-0.25, -0.2) is 0 Å². The predicted octanol–water partition coefficient (Wildman–Crippen LogP) is 2.74. The minimum atomic E-state index is -0.451. The Bertz CT molecular complexity index is 126. The number of unbranched alkanes of at least 4 members (excludes halogenated alkanes) is 3. The van der Waals surface area contributed by atoms with E-state index >= 15 is 0 Å². The van der Waals surface area contributed by atoms with Crippen LogP contribution in [0.1, 0.15) is 39.5 Å². The van der Waals surface area contributed by atoms with Gasteiger partial charge in [0, 0.05) is 6.61 Å². The highest BCUT2D eigenvalue weighted by molar-refractivity contribution is 6.64. The van der Waals surface area contributed by atoms with Gasteiger partial charge in [0.1, 0.15) is 6.10 Å². The Hall–Kier alpha value is -0.0800. The molecule has 0 aliphatic carbocycles. The summed E-state index contributed by atoms with van der Waals surface area (Å²) in [6, 6.07) is 0. The molecule has 0 fully saturated rings. The van der Waals surface area contributed by atoms with E-state index in [1.165, 1.54) is 19.3 Å². The van der Waals surface area contributed by atoms with Crippen LogP contribution in [0.15, 0.2) is 0 Å². The van der Waals surface area contributed by atoms with E-state index in [-0.39, 0.29) is 0 Å². The predicted molar refractivity (Wildman–Crippen MR) is 50.4 cm³/mol. The van der Waals surface area contributed by atoms with E-state index in [1.54, 1.807) is 6.92 Å². The molecular formula is C9H17ClO2. The molecule has 0 heterocycles. The molecule has 0 aromatic carbocycles. The molecule has 0 aromatic heterocycles. The molecule has 0 aromatic rings. The maximum atomic E-state index is 10.5. The molecule has 0 unspecified atom stereocenters. The summed E-state index contributed by atoms with van der Waals surface area (Å²) in [7, 11) is 0. The first-order valence-corrected chi connectivity index (χ1v) is 4.87. The summed E-state index contributed by atoms with van der Waals surface area (Å²) in [6.07, 6.45) is 4.17. The summed E-state index contributed by atoms with van der Waals surface area (Å²) in [5.41, 5.74) is 0. The fourth-order valence-electron chi connectivity index (χ4n) is 0.854. The van der Waals surface area contributed by atoms with E-state index in [0.717, 1.165) is 6.42 Å². The summed E-state index contributed by atoms with van der Waals surface area (Å²) < 4.78 is 5.17. The molecule has 72 valence electrons. The van der Waals surface area contributed by atoms with Crippen molar-refractivity contribution in [3.63, 3.8) is 0 Å². The van der Waals surface area contributed by atoms with Crippen LogP contribution < -0.4 is 0 Å². The number of carbonyl (C=O) groups excluding carboxylic acids is 1. The summed E-state index contributed by atoms with van der Waals surface area (Å²) in [5.74, 6) is 0. The largest absolute Gasteiger partial charge is 0.369 e. The van der Waals surface area contributed by atoms with E-state index in [0.29, 0.717) is 6.61 Å². The molecule has 12 heavy (non-hydrogen) atoms. The van der Waals surface area contributed by atoms with Gasteiger partial charge in [0.25, 0.3) is 0 Å². The normalized spacial score (nSPS) is 12.9. The molecule has 0 spiro atoms. The lowest BCUT2D eigenvalue weighted by atomic mass is 10.2. The summed E-state index contributed by atoms with van der Waals surface area (Å²) in [5, 5.41) is -0.412. The fraction of sp³-hybridized carbons (Fsp3) is 0.889. The van der Waals surface area contributed by atoms with Crippen molar-refractivity contribution in [3.8, 4) is 0 Å². The maximum absolute atomic E-state index is 10.5. The van der Waals surface area contributed by atoms with E-state index in [1.807, 2.05) is 0 Å². The van der Waals surface area contributed by atoms with Crippen LogP contribution in [0.2, 0.25) is 0 Å². The maximum Gasteiger partial charge on any atom is 0.250 e. The van der Waals surface area contributed by atoms with Crippen LogP contribution in [-0.4, -0.2) is 18.0 Å². The number of rotatable bonds is 7. The van der Waals surface area contributed by atoms with Gasteiger partial charge in [-0.2, -0.15) is 0 Å². The minimum Gasteiger partial charge on any atom is -0.369 e. The van der Waals surface area contributed by atoms with Crippen molar-refractivity contribution in [2.45, 2.75) is 45.6 Å². The van der Waals surface area contributed by atoms with E-state index in [4.69, 9.17) is 16.3 Å². The smallest absolute Gasteiger partial charge is 0.250 e. The molecule has 0 saturated heterocycles. The van der Waals surface area contributed by atoms with Gasteiger partial charge in [0.2, 0.25) is 5.24 Å². The number of halogens is 1. The van der Waals surface area contributed by atoms with Gasteiger partial charge in [-0.05, 0) is 24.9 Å². The molecular weight excluding hydrogens is 176 g/mol. The topological polar surface area (TPSA) is 26.3 Å². The monoisotopic (exact) mass is 192 g/mol. The average molecular weight is 193 g/mol. The Morgan fingerprint density at radius 3 is 2.58 bits per heavy atom. The van der Waals surface area contributed by atoms with Crippen molar-refractivity contribution < 1.29 is 9.53 Å². The quantitative estimate of drug-likeness (QED) is 0.458. The molecule has 3 heteroatoms. The van der Waals surface area contributed by atoms with Gasteiger partial charge in [0.05, 0.1) is 0 Å². The number of ether oxygens (including phenoxy) is 1. The Balaban J connectivity index is 3.14. The summed E-state index contributed by atoms with van der Waals surface area (Å²) in [6.45, 7) is 4.47. The van der Waals surface area contributed by atoms with Crippen LogP contribution in [0.3, 0.4) is 0 Å². The zero-order valence-corrected chi connectivity index (χ0v) is 8.56. The zero-order chi connectivity index (χ0) is 9.40. The lowest BCUT2D eigenvalue weighted by Crippen LogP contribution is -2.16. The fourth-order valence-corrected chi connectivity index (χ4v) is 0.917. The molecule has 2 nitrogen and oxygen atoms in total. The van der Waals surface area contributed by atoms with E-state index in [2.05, 4.69) is 6.92 Å². The first kappa shape index (κ1) is 11.9. The SMILES string of the molecule is CCCCCCO[C@H](C)C(=O)Cl. The molecule has 0 N–H and O–H groups in total. The van der Waals surface area contributed by atoms with Crippen molar-refractivity contribution in [3.05, 3.63) is 0 Å². The van der Waals surface area contributed by atoms with Gasteiger partial charge in [0.15, 0.2) is 0 Å². The molecule has 0 aliphatic heterocycles. The van der Waals surface area contributed by atoms with Crippen LogP contribution in [-0.2, 0) is 9.53 Å². The number of hydrogen-bond acceptors (Lipinski definition) is 2. The Morgan fingerprint density at radius 1 is 1.42 bits per heavy atom. The summed E-state index contributed by atoms with van der Waals surface area (Å²) >= 11 is 5.20. The van der Waals surface area contributed by atoms with Gasteiger partial charge in [-0.1, -0.05) is 26.2 Å². The van der Waals surface area contributed by atoms with Crippen LogP contribution >= 0.6 is 11.6 Å². The van der Waals surface area contributed by atoms with Crippen molar-refractivity contribution in [1.82, 2.24) is 0 Å². The van der Waals surface area contributed by atoms with Crippen LogP contribution in [0.25, 0.3) is 0 Å². The Labute approximate surface area is 79.2 Å². The van der Waals surface area contributed by atoms with Crippen LogP contribution in [0.4, 0.5) is 0 Å². The highest BCUT2D eigenvalue weighted by atomic mass is 35.5. The van der Waals surface area contributed by atoms with Gasteiger partial charge < -0.3 is 4.74 Å². The third-order valence-corrected chi connectivity index (χ3v) is 1.99. The Kier molecular flexibility index (Phi) is 7.51. The second kappa shape index (κ2) is 7.56.